The fourth-order valence-corrected chi connectivity index (χ4v) is 4.27. The number of aryl methyl sites for hydroxylation is 2. The molecule has 2 aromatic rings. The van der Waals surface area contributed by atoms with Gasteiger partial charge in [-0.3, -0.25) is 9.59 Å². The molecule has 3 rings (SSSR count). The minimum absolute atomic E-state index is 0.182. The molecule has 0 spiro atoms. The number of Topliss-reactive ketones (excluding diaryl/α,β-unsaturated/α-hetero) is 2. The summed E-state index contributed by atoms with van der Waals surface area (Å²) in [5.74, 6) is -1.17. The van der Waals surface area contributed by atoms with Crippen LogP contribution in [0.3, 0.4) is 0 Å². The number of benzene rings is 2. The van der Waals surface area contributed by atoms with Crippen LogP contribution in [0.1, 0.15) is 57.2 Å². The zero-order chi connectivity index (χ0) is 20.9. The molecule has 0 bridgehead atoms. The van der Waals surface area contributed by atoms with Gasteiger partial charge in [0.25, 0.3) is 0 Å². The zero-order valence-corrected chi connectivity index (χ0v) is 18.1. The van der Waals surface area contributed by atoms with Crippen LogP contribution in [0.5, 0.6) is 0 Å². The Morgan fingerprint density at radius 3 is 2.14 bits per heavy atom. The lowest BCUT2D eigenvalue weighted by Crippen LogP contribution is -2.58. The van der Waals surface area contributed by atoms with E-state index in [0.29, 0.717) is 5.02 Å². The average Bonchev–Trinajstić information content (AvgIpc) is 2.62. The summed E-state index contributed by atoms with van der Waals surface area (Å²) >= 11 is 6.19. The van der Waals surface area contributed by atoms with Gasteiger partial charge in [-0.05, 0) is 81.0 Å². The van der Waals surface area contributed by atoms with E-state index >= 15 is 0 Å². The summed E-state index contributed by atoms with van der Waals surface area (Å²) in [5.41, 5.74) is 2.98. The molecule has 0 atom stereocenters. The van der Waals surface area contributed by atoms with Crippen molar-refractivity contribution in [2.75, 3.05) is 0 Å². The average molecular weight is 399 g/mol. The van der Waals surface area contributed by atoms with E-state index < -0.39 is 17.1 Å². The molecule has 148 valence electrons. The highest BCUT2D eigenvalue weighted by atomic mass is 35.5. The summed E-state index contributed by atoms with van der Waals surface area (Å²) in [4.78, 5) is 26.2. The summed E-state index contributed by atoms with van der Waals surface area (Å²) in [6.45, 7) is 11.1. The lowest BCUT2D eigenvalue weighted by Gasteiger charge is -2.43. The van der Waals surface area contributed by atoms with Gasteiger partial charge in [0.1, 0.15) is 17.1 Å². The van der Waals surface area contributed by atoms with Crippen LogP contribution in [-0.2, 0) is 20.7 Å². The molecule has 28 heavy (non-hydrogen) atoms. The van der Waals surface area contributed by atoms with E-state index in [1.54, 1.807) is 27.7 Å². The van der Waals surface area contributed by atoms with Gasteiger partial charge in [-0.25, -0.2) is 0 Å². The molecule has 4 heteroatoms. The molecule has 1 heterocycles. The Balaban J connectivity index is 2.13. The van der Waals surface area contributed by atoms with Crippen molar-refractivity contribution in [2.24, 2.45) is 0 Å². The number of rotatable bonds is 3. The van der Waals surface area contributed by atoms with E-state index in [4.69, 9.17) is 16.3 Å². The van der Waals surface area contributed by atoms with Gasteiger partial charge in [-0.15, -0.1) is 0 Å². The first-order valence-corrected chi connectivity index (χ1v) is 10.0. The molecule has 2 aromatic carbocycles. The van der Waals surface area contributed by atoms with Crippen molar-refractivity contribution < 1.29 is 14.3 Å². The SMILES string of the molecule is CCc1cc(-c2cc(Cl)ccc2C)ccc1C1C(=O)C(C)(C)OC(C)(C)C1=O. The number of ether oxygens (including phenoxy) is 1. The molecule has 0 saturated carbocycles. The molecule has 3 nitrogen and oxygen atoms in total. The summed E-state index contributed by atoms with van der Waals surface area (Å²) in [5, 5.41) is 0.681. The van der Waals surface area contributed by atoms with E-state index in [0.717, 1.165) is 34.2 Å². The van der Waals surface area contributed by atoms with E-state index in [-0.39, 0.29) is 11.6 Å². The van der Waals surface area contributed by atoms with Gasteiger partial charge < -0.3 is 4.74 Å². The number of hydrogen-bond acceptors (Lipinski definition) is 3. The number of carbonyl (C=O) groups excluding carboxylic acids is 2. The normalized spacial score (nSPS) is 19.1. The topological polar surface area (TPSA) is 43.4 Å². The van der Waals surface area contributed by atoms with Gasteiger partial charge in [-0.1, -0.05) is 42.8 Å². The maximum atomic E-state index is 13.1. The van der Waals surface area contributed by atoms with Crippen LogP contribution >= 0.6 is 11.6 Å². The van der Waals surface area contributed by atoms with Crippen LogP contribution in [0.15, 0.2) is 36.4 Å². The quantitative estimate of drug-likeness (QED) is 0.624. The molecule has 1 aliphatic rings. The maximum absolute atomic E-state index is 13.1. The minimum Gasteiger partial charge on any atom is -0.354 e. The highest BCUT2D eigenvalue weighted by Crippen LogP contribution is 2.40. The van der Waals surface area contributed by atoms with Crippen molar-refractivity contribution in [3.63, 3.8) is 0 Å². The first-order valence-electron chi connectivity index (χ1n) is 9.66. The Hall–Kier alpha value is -1.97. The largest absolute Gasteiger partial charge is 0.354 e. The predicted octanol–water partition coefficient (Wildman–Crippen LogP) is 5.69. The van der Waals surface area contributed by atoms with Crippen LogP contribution in [0.25, 0.3) is 11.1 Å². The first kappa shape index (κ1) is 20.8. The monoisotopic (exact) mass is 398 g/mol. The Morgan fingerprint density at radius 1 is 0.964 bits per heavy atom. The van der Waals surface area contributed by atoms with Crippen molar-refractivity contribution >= 4 is 23.2 Å². The third kappa shape index (κ3) is 3.54. The fourth-order valence-electron chi connectivity index (χ4n) is 4.10. The van der Waals surface area contributed by atoms with Crippen LogP contribution in [0.2, 0.25) is 5.02 Å². The zero-order valence-electron chi connectivity index (χ0n) is 17.4. The Kier molecular flexibility index (Phi) is 5.28. The van der Waals surface area contributed by atoms with E-state index in [1.807, 2.05) is 44.2 Å². The predicted molar refractivity (Wildman–Crippen MR) is 113 cm³/mol. The molecule has 0 amide bonds. The summed E-state index contributed by atoms with van der Waals surface area (Å²) in [6.07, 6.45) is 0.724. The molecular weight excluding hydrogens is 372 g/mol. The lowest BCUT2D eigenvalue weighted by atomic mass is 9.73. The van der Waals surface area contributed by atoms with E-state index in [9.17, 15) is 9.59 Å². The van der Waals surface area contributed by atoms with Crippen molar-refractivity contribution in [3.05, 3.63) is 58.1 Å². The molecule has 0 radical (unpaired) electrons. The van der Waals surface area contributed by atoms with Crippen LogP contribution in [-0.4, -0.2) is 22.8 Å². The van der Waals surface area contributed by atoms with Crippen LogP contribution < -0.4 is 0 Å². The van der Waals surface area contributed by atoms with Gasteiger partial charge >= 0.3 is 0 Å². The fraction of sp³-hybridized carbons (Fsp3) is 0.417. The van der Waals surface area contributed by atoms with Crippen molar-refractivity contribution in [3.8, 4) is 11.1 Å². The molecule has 0 aliphatic carbocycles. The smallest absolute Gasteiger partial charge is 0.179 e. The van der Waals surface area contributed by atoms with Gasteiger partial charge in [-0.2, -0.15) is 0 Å². The Labute approximate surface area is 172 Å². The third-order valence-corrected chi connectivity index (χ3v) is 5.80. The summed E-state index contributed by atoms with van der Waals surface area (Å²) in [7, 11) is 0. The summed E-state index contributed by atoms with van der Waals surface area (Å²) < 4.78 is 5.82. The minimum atomic E-state index is -1.00. The number of carbonyl (C=O) groups is 2. The van der Waals surface area contributed by atoms with Crippen LogP contribution in [0.4, 0.5) is 0 Å². The maximum Gasteiger partial charge on any atom is 0.179 e. The standard InChI is InChI=1S/C24H27ClO3/c1-7-15-12-16(19-13-17(25)10-8-14(19)2)9-11-18(15)20-21(26)23(3,4)28-24(5,6)22(20)27/h8-13,20H,7H2,1-6H3. The Morgan fingerprint density at radius 2 is 1.57 bits per heavy atom. The van der Waals surface area contributed by atoms with Gasteiger partial charge in [0.15, 0.2) is 11.6 Å². The Bertz CT molecular complexity index is 930. The lowest BCUT2D eigenvalue weighted by molar-refractivity contribution is -0.184. The highest BCUT2D eigenvalue weighted by Gasteiger charge is 2.53. The van der Waals surface area contributed by atoms with Gasteiger partial charge in [0.05, 0.1) is 0 Å². The molecular formula is C24H27ClO3. The first-order chi connectivity index (χ1) is 13.0. The molecule has 0 N–H and O–H groups in total. The van der Waals surface area contributed by atoms with Crippen molar-refractivity contribution in [1.29, 1.82) is 0 Å². The van der Waals surface area contributed by atoms with Crippen molar-refractivity contribution in [1.82, 2.24) is 0 Å². The molecule has 1 saturated heterocycles. The molecule has 0 unspecified atom stereocenters. The van der Waals surface area contributed by atoms with Gasteiger partial charge in [0, 0.05) is 5.02 Å². The third-order valence-electron chi connectivity index (χ3n) is 5.57. The molecule has 1 aliphatic heterocycles. The summed E-state index contributed by atoms with van der Waals surface area (Å²) in [6, 6.07) is 11.8. The number of ketones is 2. The molecule has 0 aromatic heterocycles. The van der Waals surface area contributed by atoms with E-state index in [2.05, 4.69) is 6.07 Å². The van der Waals surface area contributed by atoms with Crippen LogP contribution in [0, 0.1) is 6.92 Å². The number of hydrogen-bond donors (Lipinski definition) is 0. The second-order valence-corrected chi connectivity index (χ2v) is 8.95. The number of halogens is 1. The molecule has 1 fully saturated rings. The second-order valence-electron chi connectivity index (χ2n) is 8.51. The van der Waals surface area contributed by atoms with Gasteiger partial charge in [0.2, 0.25) is 0 Å². The highest BCUT2D eigenvalue weighted by molar-refractivity contribution is 6.30. The second kappa shape index (κ2) is 7.13. The van der Waals surface area contributed by atoms with E-state index in [1.165, 1.54) is 0 Å². The van der Waals surface area contributed by atoms with Crippen molar-refractivity contribution in [2.45, 2.75) is 65.1 Å².